The quantitative estimate of drug-likeness (QED) is 0.921. The molecule has 2 aromatic heterocycles. The van der Waals surface area contributed by atoms with E-state index in [1.54, 1.807) is 11.3 Å². The summed E-state index contributed by atoms with van der Waals surface area (Å²) in [5, 5.41) is 3.11. The van der Waals surface area contributed by atoms with Crippen molar-refractivity contribution in [2.45, 2.75) is 13.3 Å². The van der Waals surface area contributed by atoms with Gasteiger partial charge in [-0.05, 0) is 0 Å². The van der Waals surface area contributed by atoms with Crippen LogP contribution in [0, 0.1) is 0 Å². The molecule has 106 valence electrons. The summed E-state index contributed by atoms with van der Waals surface area (Å²) in [7, 11) is 0. The Morgan fingerprint density at radius 3 is 2.60 bits per heavy atom. The van der Waals surface area contributed by atoms with Crippen LogP contribution in [-0.2, 0) is 6.42 Å². The molecule has 0 aliphatic carbocycles. The van der Waals surface area contributed by atoms with Gasteiger partial charge in [0.15, 0.2) is 5.13 Å². The second kappa shape index (κ2) is 5.62. The summed E-state index contributed by atoms with van der Waals surface area (Å²) in [6, 6.07) is 1.86. The Hall–Kier alpha value is -1.89. The molecule has 0 spiro atoms. The van der Waals surface area contributed by atoms with E-state index in [1.807, 2.05) is 24.6 Å². The third-order valence-electron chi connectivity index (χ3n) is 3.39. The van der Waals surface area contributed by atoms with E-state index in [4.69, 9.17) is 5.73 Å². The Bertz CT molecular complexity index is 562. The van der Waals surface area contributed by atoms with Gasteiger partial charge in [0.05, 0.1) is 0 Å². The molecule has 2 N–H and O–H groups in total. The van der Waals surface area contributed by atoms with E-state index < -0.39 is 0 Å². The van der Waals surface area contributed by atoms with Crippen LogP contribution in [0.25, 0.3) is 0 Å². The number of hydrogen-bond acceptors (Lipinski definition) is 7. The zero-order valence-electron chi connectivity index (χ0n) is 11.5. The van der Waals surface area contributed by atoms with Crippen molar-refractivity contribution < 1.29 is 0 Å². The van der Waals surface area contributed by atoms with Crippen molar-refractivity contribution in [2.24, 2.45) is 0 Å². The predicted molar refractivity (Wildman–Crippen MR) is 82.4 cm³/mol. The molecule has 1 aliphatic heterocycles. The zero-order valence-corrected chi connectivity index (χ0v) is 12.3. The van der Waals surface area contributed by atoms with Gasteiger partial charge >= 0.3 is 0 Å². The minimum atomic E-state index is 0.550. The van der Waals surface area contributed by atoms with Gasteiger partial charge < -0.3 is 15.5 Å². The fourth-order valence-corrected chi connectivity index (χ4v) is 3.02. The van der Waals surface area contributed by atoms with Crippen molar-refractivity contribution in [1.29, 1.82) is 0 Å². The SMILES string of the molecule is CCc1nc(N)cc(N2CCN(c3nccs3)CC2)n1. The largest absolute Gasteiger partial charge is 0.384 e. The highest BCUT2D eigenvalue weighted by molar-refractivity contribution is 7.13. The Labute approximate surface area is 122 Å². The molecular weight excluding hydrogens is 272 g/mol. The number of nitrogen functional groups attached to an aromatic ring is 1. The first-order valence-corrected chi connectivity index (χ1v) is 7.67. The van der Waals surface area contributed by atoms with Crippen molar-refractivity contribution >= 4 is 28.1 Å². The van der Waals surface area contributed by atoms with Crippen molar-refractivity contribution in [3.05, 3.63) is 23.5 Å². The third-order valence-corrected chi connectivity index (χ3v) is 4.22. The predicted octanol–water partition coefficient (Wildman–Crippen LogP) is 1.40. The maximum atomic E-state index is 5.85. The standard InChI is InChI=1S/C13H18N6S/c1-2-11-16-10(14)9-12(17-11)18-4-6-19(7-5-18)13-15-3-8-20-13/h3,8-9H,2,4-7H2,1H3,(H2,14,16,17). The molecule has 6 nitrogen and oxygen atoms in total. The van der Waals surface area contributed by atoms with Crippen LogP contribution < -0.4 is 15.5 Å². The lowest BCUT2D eigenvalue weighted by molar-refractivity contribution is 0.644. The fraction of sp³-hybridized carbons (Fsp3) is 0.462. The van der Waals surface area contributed by atoms with Crippen LogP contribution in [0.15, 0.2) is 17.6 Å². The lowest BCUT2D eigenvalue weighted by Gasteiger charge is -2.35. The zero-order chi connectivity index (χ0) is 13.9. The Morgan fingerprint density at radius 2 is 1.95 bits per heavy atom. The van der Waals surface area contributed by atoms with Crippen LogP contribution in [0.5, 0.6) is 0 Å². The summed E-state index contributed by atoms with van der Waals surface area (Å²) >= 11 is 1.69. The number of hydrogen-bond donors (Lipinski definition) is 1. The maximum Gasteiger partial charge on any atom is 0.185 e. The minimum absolute atomic E-state index is 0.550. The number of anilines is 3. The van der Waals surface area contributed by atoms with Crippen LogP contribution in [-0.4, -0.2) is 41.1 Å². The first-order valence-electron chi connectivity index (χ1n) is 6.79. The number of aryl methyl sites for hydroxylation is 1. The molecule has 0 saturated carbocycles. The van der Waals surface area contributed by atoms with E-state index in [2.05, 4.69) is 24.8 Å². The highest BCUT2D eigenvalue weighted by atomic mass is 32.1. The number of rotatable bonds is 3. The second-order valence-electron chi connectivity index (χ2n) is 4.71. The molecule has 1 saturated heterocycles. The summed E-state index contributed by atoms with van der Waals surface area (Å²) in [4.78, 5) is 17.7. The first kappa shape index (κ1) is 13.1. The van der Waals surface area contributed by atoms with Gasteiger partial charge in [0.2, 0.25) is 0 Å². The Balaban J connectivity index is 1.70. The molecule has 0 aromatic carbocycles. The molecule has 3 heterocycles. The third kappa shape index (κ3) is 2.67. The fourth-order valence-electron chi connectivity index (χ4n) is 2.32. The summed E-state index contributed by atoms with van der Waals surface area (Å²) < 4.78 is 0. The molecular formula is C13H18N6S. The van der Waals surface area contributed by atoms with E-state index in [1.165, 1.54) is 0 Å². The summed E-state index contributed by atoms with van der Waals surface area (Å²) in [6.07, 6.45) is 2.65. The molecule has 2 aromatic rings. The second-order valence-corrected chi connectivity index (χ2v) is 5.58. The smallest absolute Gasteiger partial charge is 0.185 e. The van der Waals surface area contributed by atoms with Gasteiger partial charge in [0, 0.05) is 50.2 Å². The van der Waals surface area contributed by atoms with Gasteiger partial charge in [-0.25, -0.2) is 15.0 Å². The Kier molecular flexibility index (Phi) is 3.68. The molecule has 1 fully saturated rings. The van der Waals surface area contributed by atoms with Gasteiger partial charge in [-0.2, -0.15) is 0 Å². The van der Waals surface area contributed by atoms with Crippen LogP contribution in [0.2, 0.25) is 0 Å². The first-order chi connectivity index (χ1) is 9.76. The van der Waals surface area contributed by atoms with Crippen LogP contribution in [0.1, 0.15) is 12.7 Å². The summed E-state index contributed by atoms with van der Waals surface area (Å²) in [5.74, 6) is 2.30. The number of aromatic nitrogens is 3. The van der Waals surface area contributed by atoms with Crippen molar-refractivity contribution in [3.8, 4) is 0 Å². The van der Waals surface area contributed by atoms with Crippen LogP contribution in [0.4, 0.5) is 16.8 Å². The van der Waals surface area contributed by atoms with E-state index in [9.17, 15) is 0 Å². The summed E-state index contributed by atoms with van der Waals surface area (Å²) in [6.45, 7) is 5.81. The van der Waals surface area contributed by atoms with E-state index in [-0.39, 0.29) is 0 Å². The van der Waals surface area contributed by atoms with Gasteiger partial charge in [-0.3, -0.25) is 0 Å². The highest BCUT2D eigenvalue weighted by Crippen LogP contribution is 2.21. The van der Waals surface area contributed by atoms with Gasteiger partial charge in [-0.15, -0.1) is 11.3 Å². The normalized spacial score (nSPS) is 15.7. The van der Waals surface area contributed by atoms with Gasteiger partial charge in [0.25, 0.3) is 0 Å². The molecule has 20 heavy (non-hydrogen) atoms. The van der Waals surface area contributed by atoms with Crippen molar-refractivity contribution in [2.75, 3.05) is 41.7 Å². The van der Waals surface area contributed by atoms with E-state index in [0.717, 1.165) is 49.4 Å². The van der Waals surface area contributed by atoms with Crippen LogP contribution in [0.3, 0.4) is 0 Å². The lowest BCUT2D eigenvalue weighted by Crippen LogP contribution is -2.46. The molecule has 0 atom stereocenters. The molecule has 0 radical (unpaired) electrons. The molecule has 1 aliphatic rings. The average Bonchev–Trinajstić information content (AvgIpc) is 3.01. The monoisotopic (exact) mass is 290 g/mol. The highest BCUT2D eigenvalue weighted by Gasteiger charge is 2.20. The number of nitrogens with two attached hydrogens (primary N) is 1. The molecule has 0 bridgehead atoms. The summed E-state index contributed by atoms with van der Waals surface area (Å²) in [5.41, 5.74) is 5.85. The van der Waals surface area contributed by atoms with Crippen molar-refractivity contribution in [3.63, 3.8) is 0 Å². The number of thiazole rings is 1. The number of piperazine rings is 1. The molecule has 7 heteroatoms. The van der Waals surface area contributed by atoms with Crippen molar-refractivity contribution in [1.82, 2.24) is 15.0 Å². The maximum absolute atomic E-state index is 5.85. The van der Waals surface area contributed by atoms with E-state index in [0.29, 0.717) is 5.82 Å². The van der Waals surface area contributed by atoms with Gasteiger partial charge in [-0.1, -0.05) is 6.92 Å². The molecule has 0 unspecified atom stereocenters. The average molecular weight is 290 g/mol. The molecule has 3 rings (SSSR count). The topological polar surface area (TPSA) is 71.2 Å². The minimum Gasteiger partial charge on any atom is -0.384 e. The Morgan fingerprint density at radius 1 is 1.20 bits per heavy atom. The number of nitrogens with zero attached hydrogens (tertiary/aromatic N) is 5. The molecule has 0 amide bonds. The van der Waals surface area contributed by atoms with E-state index >= 15 is 0 Å². The lowest BCUT2D eigenvalue weighted by atomic mass is 10.3. The van der Waals surface area contributed by atoms with Gasteiger partial charge in [0.1, 0.15) is 17.5 Å². The van der Waals surface area contributed by atoms with Crippen LogP contribution >= 0.6 is 11.3 Å².